The van der Waals surface area contributed by atoms with Crippen LogP contribution in [0.15, 0.2) is 188 Å². The van der Waals surface area contributed by atoms with Crippen molar-refractivity contribution in [2.24, 2.45) is 11.8 Å². The van der Waals surface area contributed by atoms with E-state index in [2.05, 4.69) is 97.6 Å². The lowest BCUT2D eigenvalue weighted by atomic mass is 9.88. The maximum Gasteiger partial charge on any atom is 0.421 e. The largest absolute Gasteiger partial charge is 0.495 e. The first-order valence-electron chi connectivity index (χ1n) is 43.9. The van der Waals surface area contributed by atoms with Crippen molar-refractivity contribution in [2.75, 3.05) is 165 Å². The number of morpholine rings is 1. The Morgan fingerprint density at radius 1 is 0.547 bits per heavy atom. The van der Waals surface area contributed by atoms with E-state index in [-0.39, 0.29) is 81.3 Å². The van der Waals surface area contributed by atoms with E-state index in [9.17, 15) is 71.0 Å². The molecule has 6 aromatic carbocycles. The first-order chi connectivity index (χ1) is 64.6. The molecule has 44 heteroatoms. The van der Waals surface area contributed by atoms with Gasteiger partial charge in [-0.1, -0.05) is 43.6 Å². The lowest BCUT2D eigenvalue weighted by Crippen LogP contribution is -2.36. The van der Waals surface area contributed by atoms with Crippen molar-refractivity contribution in [1.82, 2.24) is 50.2 Å². The molecule has 29 nitrogen and oxygen atoms in total. The van der Waals surface area contributed by atoms with Crippen LogP contribution >= 0.6 is 40.2 Å². The van der Waals surface area contributed by atoms with Crippen molar-refractivity contribution < 1.29 is 80.5 Å². The van der Waals surface area contributed by atoms with Crippen LogP contribution in [0.4, 0.5) is 132 Å². The Morgan fingerprint density at radius 3 is 1.53 bits per heavy atom. The highest BCUT2D eigenvalue weighted by Crippen LogP contribution is 2.46. The summed E-state index contributed by atoms with van der Waals surface area (Å²) in [5.74, 6) is 1.13. The Labute approximate surface area is 796 Å². The summed E-state index contributed by atoms with van der Waals surface area (Å²) in [4.78, 5) is 53.7. The Bertz CT molecular complexity index is 6290. The smallest absolute Gasteiger partial charge is 0.421 e. The predicted molar refractivity (Wildman–Crippen MR) is 530 cm³/mol. The topological polar surface area (TPSA) is 369 Å². The van der Waals surface area contributed by atoms with E-state index in [0.717, 1.165) is 74.2 Å². The molecule has 0 spiro atoms. The van der Waals surface area contributed by atoms with E-state index in [1.165, 1.54) is 13.3 Å². The van der Waals surface area contributed by atoms with Gasteiger partial charge in [0.2, 0.25) is 23.8 Å². The Kier molecular flexibility index (Phi) is 35.6. The number of methoxy groups -OCH3 is 1. The van der Waals surface area contributed by atoms with Crippen LogP contribution < -0.4 is 83.6 Å². The third kappa shape index (κ3) is 29.6. The second kappa shape index (κ2) is 46.0. The van der Waals surface area contributed by atoms with E-state index in [0.29, 0.717) is 119 Å². The number of ether oxygens (including phenoxy) is 2. The molecule has 2 aliphatic heterocycles. The average molecular weight is 2020 g/mol. The van der Waals surface area contributed by atoms with Crippen LogP contribution in [0.3, 0.4) is 0 Å². The lowest BCUT2D eigenvalue weighted by molar-refractivity contribution is -0.138. The van der Waals surface area contributed by atoms with Gasteiger partial charge in [0.1, 0.15) is 85.1 Å². The zero-order valence-electron chi connectivity index (χ0n) is 77.8. The Morgan fingerprint density at radius 2 is 1.01 bits per heavy atom. The van der Waals surface area contributed by atoms with Gasteiger partial charge in [-0.2, -0.15) is 59.4 Å². The number of ketones is 1. The van der Waals surface area contributed by atoms with Crippen molar-refractivity contribution in [2.45, 2.75) is 107 Å². The highest BCUT2D eigenvalue weighted by Gasteiger charge is 2.40. The third-order valence-corrected chi connectivity index (χ3v) is 33.0. The van der Waals surface area contributed by atoms with Crippen molar-refractivity contribution in [3.8, 4) is 5.75 Å². The predicted octanol–water partition coefficient (Wildman–Crippen LogP) is 20.5. The van der Waals surface area contributed by atoms with Gasteiger partial charge >= 0.3 is 18.5 Å². The summed E-state index contributed by atoms with van der Waals surface area (Å²) in [6.45, 7) is 21.9. The summed E-state index contributed by atoms with van der Waals surface area (Å²) in [7, 11) is -8.16. The van der Waals surface area contributed by atoms with Crippen LogP contribution in [0, 0.1) is 11.8 Å². The first kappa shape index (κ1) is 106. The molecule has 0 bridgehead atoms. The molecule has 7 heterocycles. The maximum atomic E-state index is 13.7. The van der Waals surface area contributed by atoms with E-state index in [1.807, 2.05) is 38.1 Å². The summed E-state index contributed by atoms with van der Waals surface area (Å²) in [5.41, 5.74) is 2.00. The summed E-state index contributed by atoms with van der Waals surface area (Å²) < 4.78 is 208. The molecule has 5 aromatic heterocycles. The second-order valence-electron chi connectivity index (χ2n) is 34.3. The monoisotopic (exact) mass is 2010 g/mol. The van der Waals surface area contributed by atoms with Crippen LogP contribution in [-0.4, -0.2) is 183 Å². The summed E-state index contributed by atoms with van der Waals surface area (Å²) in [5, 5.41) is 29.1. The number of carbonyl (C=O) groups excluding carboxylic acids is 1. The molecular formula is C93H112ClF9N20O9P4S. The summed E-state index contributed by atoms with van der Waals surface area (Å²) in [6, 6.07) is 42.7. The molecule has 1 saturated carbocycles. The van der Waals surface area contributed by atoms with Crippen LogP contribution in [0.1, 0.15) is 88.5 Å². The molecule has 0 amide bonds. The SMILES string of the molecule is CCP(=O)(CC)c1ccc(Nc2ncc(C(F)(F)F)c(NC3CCC(C(=O)CC4CCNCC4)C3)n2)cc1.CN(C)c1ncccc1CNc1nc(Nc2ccc(P(C)(C)=O)cc2)ncc1C(F)(F)F.COc1cc(P(C)(C)=O)ccc1Nc1ncc(Cl)c(Nc2ccccc2S(=O)(=O)C(C)C)n1.CP(C)(=O)c1ccc(Nc2nc(Nc3ccc(N4CCOCC4)cc3)ncc2C(F)(F)F)cc1. The number of benzene rings is 6. The van der Waals surface area contributed by atoms with Gasteiger partial charge in [-0.15, -0.1) is 0 Å². The molecular weight excluding hydrogens is 1900 g/mol. The van der Waals surface area contributed by atoms with Gasteiger partial charge in [0.25, 0.3) is 0 Å². The number of sulfone groups is 1. The molecule has 9 N–H and O–H groups in total. The summed E-state index contributed by atoms with van der Waals surface area (Å²) in [6.07, 6.45) is -3.11. The molecule has 137 heavy (non-hydrogen) atoms. The molecule has 0 radical (unpaired) electrons. The number of Topliss-reactive ketones (excluding diaryl/α,β-unsaturated/α-hetero) is 1. The minimum atomic E-state index is -4.64. The minimum Gasteiger partial charge on any atom is -0.495 e. The number of piperidine rings is 1. The average Bonchev–Trinajstić information content (AvgIpc) is 0.823. The molecule has 2 atom stereocenters. The number of hydrogen-bond donors (Lipinski definition) is 9. The lowest BCUT2D eigenvalue weighted by Gasteiger charge is -2.28. The molecule has 734 valence electrons. The quantitative estimate of drug-likeness (QED) is 0.0144. The number of nitrogens with one attached hydrogen (secondary N) is 9. The number of aromatic nitrogens is 9. The molecule has 3 fully saturated rings. The number of alkyl halides is 9. The van der Waals surface area contributed by atoms with Gasteiger partial charge in [0.05, 0.1) is 48.0 Å². The zero-order chi connectivity index (χ0) is 99.6. The highest BCUT2D eigenvalue weighted by molar-refractivity contribution is 7.92. The zero-order valence-corrected chi connectivity index (χ0v) is 83.0. The van der Waals surface area contributed by atoms with E-state index < -0.39 is 78.9 Å². The van der Waals surface area contributed by atoms with Crippen molar-refractivity contribution in [1.29, 1.82) is 0 Å². The van der Waals surface area contributed by atoms with Gasteiger partial charge < -0.3 is 85.4 Å². The van der Waals surface area contributed by atoms with Gasteiger partial charge in [-0.25, -0.2) is 33.3 Å². The van der Waals surface area contributed by atoms with Crippen LogP contribution in [0.25, 0.3) is 0 Å². The summed E-state index contributed by atoms with van der Waals surface area (Å²) >= 11 is 6.29. The number of nitrogens with zero attached hydrogens (tertiary/aromatic N) is 11. The Hall–Kier alpha value is -11.3. The standard InChI is InChI=1S/C27H37F3N5O2P.C23H25F3N5O2P.C22H26ClN4O4PS.C21H24F3N6OP/c1-3-38(37,4-2)22-9-7-20(8-10-22)34-26-32-17-23(27(28,29)30)25(35-26)33-21-6-5-19(16-21)24(36)15-18-11-13-31-14-12-18;1-34(2,32)19-9-5-16(6-10-19)28-21-20(23(24,25)26)15-27-22(30-21)29-17-3-7-18(8-4-17)31-11-13-33-14-12-31;1-14(2)33(29,30)20-9-7-6-8-18(20)25-21-16(23)13-24-22(27-21)26-17-11-10-15(32(4,5)28)12-19(17)31-3;1-30(2)19-14(6-5-11-25-19)12-26-18-17(21(22,23)24)13-27-20(29-18)28-15-7-9-16(10-8-15)32(3,4)31/h7-10,17-19,21,31H,3-6,11-16H2,1-2H3,(H2,32,33,34,35);3-10,15H,11-14H2,1-2H3,(H2,27,28,29,30);6-14H,1-5H3,(H2,24,25,26,27);5-11,13H,12H2,1-4H3,(H2,26,27,28,29). The van der Waals surface area contributed by atoms with Crippen LogP contribution in [0.2, 0.25) is 5.02 Å². The van der Waals surface area contributed by atoms with Crippen molar-refractivity contribution in [3.63, 3.8) is 0 Å². The molecule has 14 rings (SSSR count). The molecule has 2 unspecified atom stereocenters. The number of rotatable bonds is 31. The van der Waals surface area contributed by atoms with E-state index >= 15 is 0 Å². The molecule has 2 saturated heterocycles. The third-order valence-electron chi connectivity index (χ3n) is 22.7. The number of carbonyl (C=O) groups is 1. The van der Waals surface area contributed by atoms with E-state index in [1.54, 1.807) is 206 Å². The molecule has 11 aromatic rings. The van der Waals surface area contributed by atoms with Gasteiger partial charge in [-0.3, -0.25) is 4.79 Å². The maximum absolute atomic E-state index is 13.7. The van der Waals surface area contributed by atoms with Crippen molar-refractivity contribution >= 4 is 170 Å². The fourth-order valence-corrected chi connectivity index (χ4v) is 20.6. The van der Waals surface area contributed by atoms with Crippen LogP contribution in [-0.2, 0) is 62.7 Å². The van der Waals surface area contributed by atoms with Gasteiger partial charge in [-0.05, 0) is 238 Å². The number of anilines is 16. The normalized spacial score (nSPS) is 15.1. The fraction of sp³-hybridized carbons (Fsp3) is 0.376. The minimum absolute atomic E-state index is 0.00319. The van der Waals surface area contributed by atoms with E-state index in [4.69, 9.17) is 21.1 Å². The molecule has 1 aliphatic carbocycles. The number of pyridine rings is 1. The number of hydrogen-bond acceptors (Lipinski definition) is 29. The second-order valence-corrected chi connectivity index (χ2v) is 50.4. The highest BCUT2D eigenvalue weighted by atomic mass is 35.5. The number of halogens is 10. The fourth-order valence-electron chi connectivity index (χ4n) is 14.8. The van der Waals surface area contributed by atoms with Crippen LogP contribution in [0.5, 0.6) is 5.75 Å². The first-order valence-corrected chi connectivity index (χ1v) is 55.7. The molecule has 3 aliphatic rings. The van der Waals surface area contributed by atoms with Crippen molar-refractivity contribution in [3.05, 3.63) is 210 Å². The van der Waals surface area contributed by atoms with Gasteiger partial charge in [0.15, 0.2) is 15.7 Å². The number of para-hydroxylation sites is 1. The Balaban J connectivity index is 0.000000176. The van der Waals surface area contributed by atoms with Gasteiger partial charge in [0, 0.05) is 144 Å².